The van der Waals surface area contributed by atoms with Gasteiger partial charge in [-0.05, 0) is 38.0 Å². The van der Waals surface area contributed by atoms with Gasteiger partial charge in [0.2, 0.25) is 0 Å². The molecule has 0 aliphatic carbocycles. The number of ether oxygens (including phenoxy) is 1. The Morgan fingerprint density at radius 3 is 2.89 bits per heavy atom. The largest absolute Gasteiger partial charge is 0.466 e. The molecule has 1 aromatic carbocycles. The van der Waals surface area contributed by atoms with Crippen LogP contribution in [-0.4, -0.2) is 50.1 Å². The van der Waals surface area contributed by atoms with Crippen LogP contribution >= 0.6 is 0 Å². The van der Waals surface area contributed by atoms with E-state index in [1.165, 1.54) is 12.1 Å². The Balaban J connectivity index is 1.93. The minimum atomic E-state index is -4.39. The van der Waals surface area contributed by atoms with Crippen LogP contribution in [0.2, 0.25) is 0 Å². The Hall–Kier alpha value is -2.69. The van der Waals surface area contributed by atoms with Gasteiger partial charge in [-0.3, -0.25) is 9.79 Å². The fourth-order valence-corrected chi connectivity index (χ4v) is 3.00. The number of likely N-dealkylation sites (tertiary alicyclic amines) is 1. The molecule has 152 valence electrons. The molecule has 1 aliphatic rings. The third-order valence-electron chi connectivity index (χ3n) is 4.31. The average molecular weight is 395 g/mol. The normalized spacial score (nSPS) is 17.5. The van der Waals surface area contributed by atoms with Crippen LogP contribution in [-0.2, 0) is 15.7 Å². The van der Waals surface area contributed by atoms with Gasteiger partial charge >= 0.3 is 12.1 Å². The molecular weight excluding hydrogens is 371 g/mol. The number of benzene rings is 1. The zero-order valence-corrected chi connectivity index (χ0v) is 16.0. The van der Waals surface area contributed by atoms with E-state index in [1.807, 2.05) is 4.90 Å². The molecule has 1 saturated heterocycles. The van der Waals surface area contributed by atoms with Crippen LogP contribution in [0.3, 0.4) is 0 Å². The number of nitrogens with zero attached hydrogens (tertiary/aromatic N) is 2. The van der Waals surface area contributed by atoms with Crippen LogP contribution in [0.4, 0.5) is 13.2 Å². The van der Waals surface area contributed by atoms with Crippen molar-refractivity contribution >= 4 is 11.9 Å². The van der Waals surface area contributed by atoms with Crippen molar-refractivity contribution in [2.45, 2.75) is 25.9 Å². The smallest absolute Gasteiger partial charge is 0.416 e. The van der Waals surface area contributed by atoms with Gasteiger partial charge in [0.05, 0.1) is 24.6 Å². The molecule has 1 aromatic rings. The zero-order chi connectivity index (χ0) is 20.6. The van der Waals surface area contributed by atoms with E-state index in [0.717, 1.165) is 31.5 Å². The van der Waals surface area contributed by atoms with Crippen molar-refractivity contribution in [3.05, 3.63) is 35.4 Å². The zero-order valence-electron chi connectivity index (χ0n) is 16.0. The second-order valence-electron chi connectivity index (χ2n) is 6.32. The number of nitrogens with one attached hydrogen (secondary N) is 1. The van der Waals surface area contributed by atoms with E-state index >= 15 is 0 Å². The fraction of sp³-hybridized carbons (Fsp3) is 0.500. The molecule has 2 rings (SSSR count). The summed E-state index contributed by atoms with van der Waals surface area (Å²) in [4.78, 5) is 18.1. The van der Waals surface area contributed by atoms with Gasteiger partial charge in [-0.2, -0.15) is 13.2 Å². The lowest BCUT2D eigenvalue weighted by Crippen LogP contribution is -2.48. The molecular formula is C20H24F3N3O2. The Kier molecular flexibility index (Phi) is 7.73. The molecule has 5 nitrogen and oxygen atoms in total. The average Bonchev–Trinajstić information content (AvgIpc) is 2.68. The standard InChI is InChI=1S/C20H24F3N3O2/c1-3-28-18(27)16-9-6-12-26(14-16)19(24-2)25-11-5-8-15-7-4-10-17(13-15)20(21,22)23/h4,7,10,13,16H,3,6,9,11-12,14H2,1-2H3,(H,24,25). The monoisotopic (exact) mass is 395 g/mol. The molecule has 0 aromatic heterocycles. The molecule has 28 heavy (non-hydrogen) atoms. The van der Waals surface area contributed by atoms with Gasteiger partial charge in [0.1, 0.15) is 0 Å². The Bertz CT molecular complexity index is 766. The number of halogens is 3. The molecule has 0 spiro atoms. The minimum Gasteiger partial charge on any atom is -0.466 e. The van der Waals surface area contributed by atoms with E-state index in [0.29, 0.717) is 24.7 Å². The molecule has 0 saturated carbocycles. The van der Waals surface area contributed by atoms with Crippen molar-refractivity contribution in [2.75, 3.05) is 33.3 Å². The maximum absolute atomic E-state index is 12.7. The van der Waals surface area contributed by atoms with Crippen LogP contribution in [0.25, 0.3) is 0 Å². The van der Waals surface area contributed by atoms with Gasteiger partial charge in [-0.25, -0.2) is 0 Å². The van der Waals surface area contributed by atoms with Gasteiger partial charge < -0.3 is 15.0 Å². The topological polar surface area (TPSA) is 53.9 Å². The number of guanidine groups is 1. The Labute approximate surface area is 163 Å². The summed E-state index contributed by atoms with van der Waals surface area (Å²) in [5.74, 6) is 5.74. The van der Waals surface area contributed by atoms with Gasteiger partial charge in [0.15, 0.2) is 5.96 Å². The number of aliphatic imine (C=N–C) groups is 1. The van der Waals surface area contributed by atoms with Crippen molar-refractivity contribution in [3.8, 4) is 11.8 Å². The Morgan fingerprint density at radius 1 is 1.43 bits per heavy atom. The SMILES string of the molecule is CCOC(=O)C1CCCN(C(=NC)NCC#Cc2cccc(C(F)(F)F)c2)C1. The van der Waals surface area contributed by atoms with E-state index < -0.39 is 11.7 Å². The number of alkyl halides is 3. The van der Waals surface area contributed by atoms with E-state index in [-0.39, 0.29) is 18.4 Å². The molecule has 0 amide bonds. The second kappa shape index (κ2) is 10.0. The number of hydrogen-bond acceptors (Lipinski definition) is 3. The predicted molar refractivity (Wildman–Crippen MR) is 101 cm³/mol. The van der Waals surface area contributed by atoms with Gasteiger partial charge in [-0.1, -0.05) is 17.9 Å². The van der Waals surface area contributed by atoms with Crippen molar-refractivity contribution in [2.24, 2.45) is 10.9 Å². The van der Waals surface area contributed by atoms with Crippen molar-refractivity contribution in [3.63, 3.8) is 0 Å². The summed E-state index contributed by atoms with van der Waals surface area (Å²) in [6, 6.07) is 4.91. The maximum Gasteiger partial charge on any atom is 0.416 e. The summed E-state index contributed by atoms with van der Waals surface area (Å²) in [7, 11) is 1.64. The molecule has 8 heteroatoms. The summed E-state index contributed by atoms with van der Waals surface area (Å²) in [5, 5.41) is 3.07. The van der Waals surface area contributed by atoms with E-state index in [9.17, 15) is 18.0 Å². The lowest BCUT2D eigenvalue weighted by Gasteiger charge is -2.33. The molecule has 1 heterocycles. The van der Waals surface area contributed by atoms with Crippen molar-refractivity contribution in [1.29, 1.82) is 0 Å². The highest BCUT2D eigenvalue weighted by Gasteiger charge is 2.30. The van der Waals surface area contributed by atoms with Crippen LogP contribution < -0.4 is 5.32 Å². The number of piperidine rings is 1. The number of rotatable bonds is 3. The highest BCUT2D eigenvalue weighted by Crippen LogP contribution is 2.29. The number of carbonyl (C=O) groups is 1. The number of hydrogen-bond donors (Lipinski definition) is 1. The summed E-state index contributed by atoms with van der Waals surface area (Å²) >= 11 is 0. The first-order valence-corrected chi connectivity index (χ1v) is 9.13. The van der Waals surface area contributed by atoms with Crippen molar-refractivity contribution < 1.29 is 22.7 Å². The molecule has 1 N–H and O–H groups in total. The summed E-state index contributed by atoms with van der Waals surface area (Å²) in [6.45, 7) is 3.63. The molecule has 1 atom stereocenters. The van der Waals surface area contributed by atoms with Crippen LogP contribution in [0.5, 0.6) is 0 Å². The molecule has 0 bridgehead atoms. The van der Waals surface area contributed by atoms with Gasteiger partial charge in [0, 0.05) is 25.7 Å². The first kappa shape index (κ1) is 21.6. The summed E-state index contributed by atoms with van der Waals surface area (Å²) < 4.78 is 43.3. The lowest BCUT2D eigenvalue weighted by atomic mass is 9.98. The molecule has 0 radical (unpaired) electrons. The predicted octanol–water partition coefficient (Wildman–Crippen LogP) is 2.91. The third-order valence-corrected chi connectivity index (χ3v) is 4.31. The molecule has 1 unspecified atom stereocenters. The summed E-state index contributed by atoms with van der Waals surface area (Å²) in [5.41, 5.74) is -0.423. The van der Waals surface area contributed by atoms with E-state index in [1.54, 1.807) is 14.0 Å². The maximum atomic E-state index is 12.7. The van der Waals surface area contributed by atoms with Crippen LogP contribution in [0, 0.1) is 17.8 Å². The highest BCUT2D eigenvalue weighted by molar-refractivity contribution is 5.81. The third kappa shape index (κ3) is 6.19. The van der Waals surface area contributed by atoms with Gasteiger partial charge in [0.25, 0.3) is 0 Å². The first-order valence-electron chi connectivity index (χ1n) is 9.13. The van der Waals surface area contributed by atoms with Crippen LogP contribution in [0.1, 0.15) is 30.9 Å². The quantitative estimate of drug-likeness (QED) is 0.370. The molecule has 1 aliphatic heterocycles. The summed E-state index contributed by atoms with van der Waals surface area (Å²) in [6.07, 6.45) is -2.76. The highest BCUT2D eigenvalue weighted by atomic mass is 19.4. The van der Waals surface area contributed by atoms with E-state index in [2.05, 4.69) is 22.2 Å². The fourth-order valence-electron chi connectivity index (χ4n) is 3.00. The van der Waals surface area contributed by atoms with E-state index in [4.69, 9.17) is 4.74 Å². The Morgan fingerprint density at radius 2 is 2.21 bits per heavy atom. The second-order valence-corrected chi connectivity index (χ2v) is 6.32. The van der Waals surface area contributed by atoms with Crippen LogP contribution in [0.15, 0.2) is 29.3 Å². The number of esters is 1. The lowest BCUT2D eigenvalue weighted by molar-refractivity contribution is -0.149. The minimum absolute atomic E-state index is 0.191. The van der Waals surface area contributed by atoms with Gasteiger partial charge in [-0.15, -0.1) is 0 Å². The number of carbonyl (C=O) groups excluding carboxylic acids is 1. The van der Waals surface area contributed by atoms with Crippen molar-refractivity contribution in [1.82, 2.24) is 10.2 Å². The first-order chi connectivity index (χ1) is 13.3. The molecule has 1 fully saturated rings.